The van der Waals surface area contributed by atoms with Crippen molar-refractivity contribution in [3.63, 3.8) is 0 Å². The minimum Gasteiger partial charge on any atom is -0.907 e. The maximum absolute atomic E-state index is 8.42. The Hall–Kier alpha value is 1.84. The summed E-state index contributed by atoms with van der Waals surface area (Å²) in [5, 5.41) is 101. The van der Waals surface area contributed by atoms with Gasteiger partial charge in [-0.1, -0.05) is 0 Å². The molecule has 0 aliphatic rings. The van der Waals surface area contributed by atoms with E-state index in [0.29, 0.717) is 0 Å². The van der Waals surface area contributed by atoms with Crippen LogP contribution in [0.15, 0.2) is 0 Å². The Morgan fingerprint density at radius 2 is 0.263 bits per heavy atom. The Morgan fingerprint density at radius 1 is 0.263 bits per heavy atom. The number of hydrogen-bond donors (Lipinski definition) is 0. The van der Waals surface area contributed by atoms with Crippen molar-refractivity contribution in [1.29, 1.82) is 0 Å². The SMILES string of the molecule is [O-]B([O-])[O-].[O-]B([O-])[O-].[O-]B([O-])[O-].[O-]B([O-])[O-].[Pt+4].[Pt+4].[Pt+4]. The summed E-state index contributed by atoms with van der Waals surface area (Å²) in [6.45, 7) is 0. The van der Waals surface area contributed by atoms with Gasteiger partial charge >= 0.3 is 63.2 Å². The monoisotopic (exact) mass is 821 g/mol. The number of rotatable bonds is 0. The second-order valence-corrected chi connectivity index (χ2v) is 1.15. The molecule has 19 heavy (non-hydrogen) atoms. The van der Waals surface area contributed by atoms with Crippen LogP contribution in [0, 0.1) is 0 Å². The molecule has 0 saturated heterocycles. The van der Waals surface area contributed by atoms with E-state index in [1.165, 1.54) is 0 Å². The molecule has 0 aliphatic carbocycles. The van der Waals surface area contributed by atoms with Crippen molar-refractivity contribution < 1.29 is 123 Å². The van der Waals surface area contributed by atoms with Gasteiger partial charge in [0.2, 0.25) is 0 Å². The quantitative estimate of drug-likeness (QED) is 0.206. The zero-order valence-electron chi connectivity index (χ0n) is 8.16. The fourth-order valence-electron chi connectivity index (χ4n) is 0. The minimum absolute atomic E-state index is 0. The third-order valence-electron chi connectivity index (χ3n) is 0. The topological polar surface area (TPSA) is 277 Å². The summed E-state index contributed by atoms with van der Waals surface area (Å²) in [6, 6.07) is 0. The van der Waals surface area contributed by atoms with E-state index in [4.69, 9.17) is 60.3 Å². The fourth-order valence-corrected chi connectivity index (χ4v) is 0. The Balaban J connectivity index is -0.0000000192. The van der Waals surface area contributed by atoms with Gasteiger partial charge in [-0.3, -0.25) is 29.3 Å². The number of hydrogen-bond acceptors (Lipinski definition) is 12. The van der Waals surface area contributed by atoms with Crippen molar-refractivity contribution in [3.05, 3.63) is 0 Å². The van der Waals surface area contributed by atoms with Crippen LogP contribution in [0.3, 0.4) is 0 Å². The van der Waals surface area contributed by atoms with Crippen molar-refractivity contribution in [3.8, 4) is 0 Å². The molecule has 0 atom stereocenters. The van der Waals surface area contributed by atoms with Crippen LogP contribution in [0.1, 0.15) is 0 Å². The summed E-state index contributed by atoms with van der Waals surface area (Å²) in [7, 11) is -11.7. The first-order valence-electron chi connectivity index (χ1n) is 2.83. The van der Waals surface area contributed by atoms with Gasteiger partial charge in [0.25, 0.3) is 0 Å². The maximum Gasteiger partial charge on any atom is 4.00 e. The Kier molecular flexibility index (Phi) is 82.9. The predicted molar refractivity (Wildman–Crippen MR) is 23.0 cm³/mol. The van der Waals surface area contributed by atoms with Gasteiger partial charge in [0.15, 0.2) is 0 Å². The third-order valence-corrected chi connectivity index (χ3v) is 0. The molecule has 0 radical (unpaired) electrons. The average molecular weight is 820 g/mol. The first-order chi connectivity index (χ1) is 6.93. The van der Waals surface area contributed by atoms with Gasteiger partial charge < -0.3 is 60.3 Å². The van der Waals surface area contributed by atoms with Gasteiger partial charge in [-0.2, -0.15) is 0 Å². The summed E-state index contributed by atoms with van der Waals surface area (Å²) < 4.78 is 0. The van der Waals surface area contributed by atoms with Gasteiger partial charge in [0, 0.05) is 0 Å². The molecule has 0 bridgehead atoms. The van der Waals surface area contributed by atoms with Crippen molar-refractivity contribution in [1.82, 2.24) is 0 Å². The molecule has 0 fully saturated rings. The van der Waals surface area contributed by atoms with Crippen LogP contribution < -0.4 is 60.3 Å². The largest absolute Gasteiger partial charge is 4.00 e. The van der Waals surface area contributed by atoms with Crippen LogP contribution in [0.4, 0.5) is 0 Å². The third kappa shape index (κ3) is 1860. The van der Waals surface area contributed by atoms with Gasteiger partial charge in [0.1, 0.15) is 0 Å². The molecular weight excluding hydrogens is 820 g/mol. The summed E-state index contributed by atoms with van der Waals surface area (Å²) >= 11 is 0. The molecule has 0 rings (SSSR count). The van der Waals surface area contributed by atoms with E-state index in [1.807, 2.05) is 0 Å². The van der Waals surface area contributed by atoms with Crippen LogP contribution in [-0.4, -0.2) is 29.3 Å². The smallest absolute Gasteiger partial charge is 0.907 e. The Bertz CT molecular complexity index is 68.0. The molecule has 0 aromatic rings. The molecule has 0 aromatic heterocycles. The van der Waals surface area contributed by atoms with Crippen LogP contribution in [0.25, 0.3) is 0 Å². The predicted octanol–water partition coefficient (Wildman–Crippen LogP) is -15.8. The standard InChI is InChI=1S/4BO3.3Pt/c4*2-1(3)4;;;/q4*-3;3*+4. The Labute approximate surface area is 152 Å². The van der Waals surface area contributed by atoms with Gasteiger partial charge in [-0.25, -0.2) is 0 Å². The van der Waals surface area contributed by atoms with Crippen molar-refractivity contribution in [2.24, 2.45) is 0 Å². The molecule has 0 aromatic carbocycles. The first-order valence-corrected chi connectivity index (χ1v) is 2.83. The molecule has 0 amide bonds. The zero-order valence-corrected chi connectivity index (χ0v) is 15.0. The molecule has 0 spiro atoms. The van der Waals surface area contributed by atoms with E-state index in [9.17, 15) is 0 Å². The van der Waals surface area contributed by atoms with Crippen LogP contribution in [0.2, 0.25) is 0 Å². The first kappa shape index (κ1) is 42.8. The van der Waals surface area contributed by atoms with Crippen LogP contribution >= 0.6 is 0 Å². The van der Waals surface area contributed by atoms with Gasteiger partial charge in [0.05, 0.1) is 0 Å². The second kappa shape index (κ2) is 36.8. The summed E-state index contributed by atoms with van der Waals surface area (Å²) in [4.78, 5) is 0. The van der Waals surface area contributed by atoms with E-state index < -0.39 is 29.3 Å². The maximum atomic E-state index is 8.42. The molecule has 0 unspecified atom stereocenters. The normalized spacial score (nSPS) is 5.68. The minimum atomic E-state index is -2.92. The van der Waals surface area contributed by atoms with E-state index in [2.05, 4.69) is 0 Å². The van der Waals surface area contributed by atoms with Crippen molar-refractivity contribution >= 4 is 29.3 Å². The van der Waals surface area contributed by atoms with E-state index in [1.54, 1.807) is 0 Å². The molecule has 19 heteroatoms. The van der Waals surface area contributed by atoms with Crippen molar-refractivity contribution in [2.45, 2.75) is 0 Å². The summed E-state index contributed by atoms with van der Waals surface area (Å²) in [5.74, 6) is 0. The van der Waals surface area contributed by atoms with Gasteiger partial charge in [-0.05, 0) is 0 Å². The van der Waals surface area contributed by atoms with E-state index in [0.717, 1.165) is 0 Å². The van der Waals surface area contributed by atoms with Crippen LogP contribution in [0.5, 0.6) is 0 Å². The van der Waals surface area contributed by atoms with Gasteiger partial charge in [-0.15, -0.1) is 0 Å². The molecule has 0 N–H and O–H groups in total. The molecular formula is B4O12Pt3. The fraction of sp³-hybridized carbons (Fsp3) is 0. The zero-order chi connectivity index (χ0) is 14.3. The molecule has 0 aliphatic heterocycles. The molecule has 12 nitrogen and oxygen atoms in total. The molecule has 114 valence electrons. The molecule has 0 saturated carbocycles. The molecule has 0 heterocycles. The summed E-state index contributed by atoms with van der Waals surface area (Å²) in [6.07, 6.45) is 0. The van der Waals surface area contributed by atoms with Crippen LogP contribution in [-0.2, 0) is 63.2 Å². The van der Waals surface area contributed by atoms with E-state index in [-0.39, 0.29) is 63.2 Å². The average Bonchev–Trinajstić information content (AvgIpc) is 1.76. The summed E-state index contributed by atoms with van der Waals surface area (Å²) in [5.41, 5.74) is 0. The Morgan fingerprint density at radius 3 is 0.263 bits per heavy atom. The second-order valence-electron chi connectivity index (χ2n) is 1.15. The van der Waals surface area contributed by atoms with E-state index >= 15 is 0 Å². The van der Waals surface area contributed by atoms with Crippen molar-refractivity contribution in [2.75, 3.05) is 0 Å².